The van der Waals surface area contributed by atoms with Crippen molar-refractivity contribution < 1.29 is 14.6 Å². The summed E-state index contributed by atoms with van der Waals surface area (Å²) < 4.78 is 8.02. The van der Waals surface area contributed by atoms with Gasteiger partial charge in [-0.25, -0.2) is 14.8 Å². The van der Waals surface area contributed by atoms with Crippen LogP contribution < -0.4 is 16.4 Å². The second kappa shape index (κ2) is 11.7. The summed E-state index contributed by atoms with van der Waals surface area (Å²) in [6.07, 6.45) is 3.20. The molecule has 3 heterocycles. The number of nitrogens with one attached hydrogen (secondary N) is 2. The number of benzene rings is 1. The fourth-order valence-corrected chi connectivity index (χ4v) is 4.77. The van der Waals surface area contributed by atoms with Gasteiger partial charge in [-0.1, -0.05) is 32.9 Å². The molecule has 1 aromatic carbocycles. The first kappa shape index (κ1) is 27.8. The largest absolute Gasteiger partial charge is 0.397 e. The lowest BCUT2D eigenvalue weighted by Gasteiger charge is -2.29. The van der Waals surface area contributed by atoms with E-state index < -0.39 is 12.3 Å². The molecule has 206 valence electrons. The molecule has 4 rings (SSSR count). The minimum Gasteiger partial charge on any atom is -0.397 e. The van der Waals surface area contributed by atoms with E-state index in [1.807, 2.05) is 24.3 Å². The predicted molar refractivity (Wildman–Crippen MR) is 150 cm³/mol. The van der Waals surface area contributed by atoms with E-state index in [0.29, 0.717) is 42.4 Å². The number of amides is 2. The smallest absolute Gasteiger partial charge is 0.319 e. The third kappa shape index (κ3) is 6.61. The van der Waals surface area contributed by atoms with Crippen molar-refractivity contribution in [3.05, 3.63) is 48.4 Å². The minimum absolute atomic E-state index is 0.0746. The minimum atomic E-state index is -0.669. The number of carbonyl (C=O) groups is 1. The first-order valence-corrected chi connectivity index (χ1v) is 13.3. The molecule has 0 bridgehead atoms. The van der Waals surface area contributed by atoms with Crippen molar-refractivity contribution in [2.75, 3.05) is 30.7 Å². The van der Waals surface area contributed by atoms with E-state index >= 15 is 0 Å². The Balaban J connectivity index is 1.24. The summed E-state index contributed by atoms with van der Waals surface area (Å²) in [5.74, 6) is 0. The van der Waals surface area contributed by atoms with E-state index in [1.54, 1.807) is 23.2 Å². The maximum atomic E-state index is 12.3. The fraction of sp³-hybridized carbons (Fsp3) is 0.536. The number of fused-ring (bicyclic) bond motifs is 1. The van der Waals surface area contributed by atoms with Gasteiger partial charge in [-0.2, -0.15) is 0 Å². The van der Waals surface area contributed by atoms with Crippen molar-refractivity contribution in [3.63, 3.8) is 0 Å². The monoisotopic (exact) mass is 523 g/mol. The predicted octanol–water partition coefficient (Wildman–Crippen LogP) is 3.88. The summed E-state index contributed by atoms with van der Waals surface area (Å²) in [6, 6.07) is 9.74. The van der Waals surface area contributed by atoms with E-state index in [-0.39, 0.29) is 17.6 Å². The number of aliphatic hydroxyl groups excluding tert-OH is 1. The molecule has 3 aromatic rings. The molecule has 0 radical (unpaired) electrons. The molecule has 38 heavy (non-hydrogen) atoms. The Hall–Kier alpha value is -3.21. The highest BCUT2D eigenvalue weighted by atomic mass is 16.5. The Kier molecular flexibility index (Phi) is 8.54. The highest BCUT2D eigenvalue weighted by molar-refractivity contribution is 5.89. The summed E-state index contributed by atoms with van der Waals surface area (Å²) in [4.78, 5) is 23.4. The lowest BCUT2D eigenvalue weighted by molar-refractivity contribution is -0.0452. The van der Waals surface area contributed by atoms with Gasteiger partial charge in [-0.05, 0) is 49.4 Å². The van der Waals surface area contributed by atoms with Gasteiger partial charge in [-0.15, -0.1) is 0 Å². The van der Waals surface area contributed by atoms with Crippen LogP contribution in [0, 0.1) is 0 Å². The molecule has 1 saturated heterocycles. The molecule has 10 nitrogen and oxygen atoms in total. The molecular weight excluding hydrogens is 482 g/mol. The van der Waals surface area contributed by atoms with Crippen molar-refractivity contribution in [3.8, 4) is 0 Å². The molecule has 5 N–H and O–H groups in total. The molecule has 0 unspecified atom stereocenters. The zero-order chi connectivity index (χ0) is 27.4. The average Bonchev–Trinajstić information content (AvgIpc) is 3.44. The van der Waals surface area contributed by atoms with Crippen LogP contribution in [0.3, 0.4) is 0 Å². The van der Waals surface area contributed by atoms with E-state index in [2.05, 4.69) is 60.1 Å². The van der Waals surface area contributed by atoms with Gasteiger partial charge in [0.15, 0.2) is 11.9 Å². The molecule has 10 heteroatoms. The maximum Gasteiger partial charge on any atom is 0.319 e. The molecule has 1 aliphatic heterocycles. The molecule has 1 fully saturated rings. The second-order valence-electron chi connectivity index (χ2n) is 11.3. The van der Waals surface area contributed by atoms with Crippen molar-refractivity contribution in [1.82, 2.24) is 24.8 Å². The zero-order valence-corrected chi connectivity index (χ0v) is 23.0. The third-order valence-corrected chi connectivity index (χ3v) is 7.02. The quantitative estimate of drug-likeness (QED) is 0.313. The normalized spacial score (nSPS) is 19.9. The molecule has 3 atom stereocenters. The van der Waals surface area contributed by atoms with Gasteiger partial charge in [0.05, 0.1) is 18.1 Å². The summed E-state index contributed by atoms with van der Waals surface area (Å²) in [6.45, 7) is 12.8. The Bertz CT molecular complexity index is 1220. The molecule has 1 aliphatic rings. The fourth-order valence-electron chi connectivity index (χ4n) is 4.77. The Morgan fingerprint density at radius 2 is 1.97 bits per heavy atom. The standard InChI is InChI=1S/C28H41N7O3/c1-18(2)34(14-6-12-31-27(37)33-20-9-7-19(8-10-20)28(3,4)5)16-21-15-23(36)26(38-21)35-17-32-24-22(29)11-13-30-25(24)35/h7-11,13,17-18,21,23,26,36H,6,12,14-16H2,1-5H3,(H2,29,30)(H2,31,33,37)/t21-,23+,26+/m0/s1. The summed E-state index contributed by atoms with van der Waals surface area (Å²) in [5, 5.41) is 16.6. The van der Waals surface area contributed by atoms with E-state index in [4.69, 9.17) is 10.5 Å². The topological polar surface area (TPSA) is 131 Å². The Morgan fingerprint density at radius 3 is 2.66 bits per heavy atom. The van der Waals surface area contributed by atoms with Crippen LogP contribution in [0.5, 0.6) is 0 Å². The third-order valence-electron chi connectivity index (χ3n) is 7.02. The van der Waals surface area contributed by atoms with Gasteiger partial charge in [0.25, 0.3) is 0 Å². The number of anilines is 2. The zero-order valence-electron chi connectivity index (χ0n) is 23.0. The number of aliphatic hydroxyl groups is 1. The highest BCUT2D eigenvalue weighted by Gasteiger charge is 2.37. The van der Waals surface area contributed by atoms with Gasteiger partial charge >= 0.3 is 6.03 Å². The molecular formula is C28H41N7O3. The number of urea groups is 1. The first-order chi connectivity index (χ1) is 18.0. The van der Waals surface area contributed by atoms with Crippen molar-refractivity contribution in [2.45, 2.75) is 77.4 Å². The Morgan fingerprint density at radius 1 is 1.24 bits per heavy atom. The van der Waals surface area contributed by atoms with Crippen molar-refractivity contribution >= 4 is 28.6 Å². The number of nitrogen functional groups attached to an aromatic ring is 1. The van der Waals surface area contributed by atoms with Gasteiger partial charge < -0.3 is 26.2 Å². The molecule has 0 spiro atoms. The molecule has 2 amide bonds. The maximum absolute atomic E-state index is 12.3. The van der Waals surface area contributed by atoms with Crippen LogP contribution in [-0.2, 0) is 10.2 Å². The van der Waals surface area contributed by atoms with Crippen LogP contribution >= 0.6 is 0 Å². The van der Waals surface area contributed by atoms with E-state index in [0.717, 1.165) is 18.7 Å². The first-order valence-electron chi connectivity index (χ1n) is 13.3. The SMILES string of the molecule is CC(C)N(CCCNC(=O)Nc1ccc(C(C)(C)C)cc1)C[C@@H]1C[C@@H](O)[C@H](n2cnc3c(N)ccnc32)O1. The average molecular weight is 524 g/mol. The van der Waals surface area contributed by atoms with Crippen molar-refractivity contribution in [2.24, 2.45) is 0 Å². The van der Waals surface area contributed by atoms with Crippen LogP contribution in [0.4, 0.5) is 16.2 Å². The number of rotatable bonds is 9. The number of nitrogens with two attached hydrogens (primary N) is 1. The van der Waals surface area contributed by atoms with E-state index in [1.165, 1.54) is 5.56 Å². The van der Waals surface area contributed by atoms with Gasteiger partial charge in [0.2, 0.25) is 0 Å². The number of aromatic nitrogens is 3. The number of ether oxygens (including phenoxy) is 1. The van der Waals surface area contributed by atoms with Gasteiger partial charge in [0, 0.05) is 44.0 Å². The number of hydrogen-bond donors (Lipinski definition) is 4. The molecule has 0 saturated carbocycles. The van der Waals surface area contributed by atoms with E-state index in [9.17, 15) is 9.90 Å². The number of carbonyl (C=O) groups excluding carboxylic acids is 1. The highest BCUT2D eigenvalue weighted by Crippen LogP contribution is 2.32. The summed E-state index contributed by atoms with van der Waals surface area (Å²) >= 11 is 0. The number of hydrogen-bond acceptors (Lipinski definition) is 7. The van der Waals surface area contributed by atoms with Crippen LogP contribution in [0.15, 0.2) is 42.9 Å². The van der Waals surface area contributed by atoms with Gasteiger partial charge in [0.1, 0.15) is 11.6 Å². The summed E-state index contributed by atoms with van der Waals surface area (Å²) in [7, 11) is 0. The molecule has 2 aromatic heterocycles. The number of nitrogens with zero attached hydrogens (tertiary/aromatic N) is 4. The lowest BCUT2D eigenvalue weighted by Crippen LogP contribution is -2.40. The van der Waals surface area contributed by atoms with Crippen LogP contribution in [0.1, 0.15) is 59.3 Å². The number of pyridine rings is 1. The van der Waals surface area contributed by atoms with Crippen molar-refractivity contribution in [1.29, 1.82) is 0 Å². The number of imidazole rings is 1. The van der Waals surface area contributed by atoms with Crippen LogP contribution in [0.2, 0.25) is 0 Å². The Labute approximate surface area is 224 Å². The lowest BCUT2D eigenvalue weighted by atomic mass is 9.87. The van der Waals surface area contributed by atoms with Crippen LogP contribution in [-0.4, -0.2) is 68.5 Å². The summed E-state index contributed by atoms with van der Waals surface area (Å²) in [5.41, 5.74) is 9.83. The molecule has 0 aliphatic carbocycles. The van der Waals surface area contributed by atoms with Crippen LogP contribution in [0.25, 0.3) is 11.2 Å². The van der Waals surface area contributed by atoms with Gasteiger partial charge in [-0.3, -0.25) is 9.47 Å². The second-order valence-corrected chi connectivity index (χ2v) is 11.3.